The molecule has 0 bridgehead atoms. The highest BCUT2D eigenvalue weighted by Crippen LogP contribution is 2.28. The van der Waals surface area contributed by atoms with Gasteiger partial charge in [-0.3, -0.25) is 4.90 Å². The fourth-order valence-corrected chi connectivity index (χ4v) is 2.80. The maximum Gasteiger partial charge on any atom is 0.123 e. The maximum atomic E-state index is 6.11. The minimum absolute atomic E-state index is 0.0941. The number of unbranched alkanes of at least 4 members (excludes halogenated alkanes) is 1. The zero-order valence-corrected chi connectivity index (χ0v) is 13.5. The van der Waals surface area contributed by atoms with Gasteiger partial charge < -0.3 is 10.5 Å². The molecule has 0 radical (unpaired) electrons. The van der Waals surface area contributed by atoms with Gasteiger partial charge in [0.1, 0.15) is 5.75 Å². The summed E-state index contributed by atoms with van der Waals surface area (Å²) >= 11 is 0. The summed E-state index contributed by atoms with van der Waals surface area (Å²) in [5.41, 5.74) is 7.43. The fourth-order valence-electron chi connectivity index (χ4n) is 2.80. The molecular formula is C17H30N2O. The van der Waals surface area contributed by atoms with Crippen LogP contribution < -0.4 is 10.5 Å². The Labute approximate surface area is 124 Å². The van der Waals surface area contributed by atoms with Crippen molar-refractivity contribution in [3.63, 3.8) is 0 Å². The molecule has 0 saturated carbocycles. The summed E-state index contributed by atoms with van der Waals surface area (Å²) in [5.74, 6) is 0.955. The molecule has 1 aromatic carbocycles. The van der Waals surface area contributed by atoms with Gasteiger partial charge in [0.2, 0.25) is 0 Å². The number of likely N-dealkylation sites (N-methyl/N-ethyl adjacent to an activating group) is 1. The van der Waals surface area contributed by atoms with E-state index in [1.807, 2.05) is 12.1 Å². The van der Waals surface area contributed by atoms with Gasteiger partial charge in [0.15, 0.2) is 0 Å². The number of benzene rings is 1. The Hall–Kier alpha value is -1.06. The van der Waals surface area contributed by atoms with Crippen molar-refractivity contribution in [1.29, 1.82) is 0 Å². The van der Waals surface area contributed by atoms with E-state index in [4.69, 9.17) is 10.5 Å². The Bertz CT molecular complexity index is 388. The lowest BCUT2D eigenvalue weighted by Gasteiger charge is -2.41. The van der Waals surface area contributed by atoms with Crippen molar-refractivity contribution in [3.05, 3.63) is 29.8 Å². The molecule has 20 heavy (non-hydrogen) atoms. The van der Waals surface area contributed by atoms with E-state index in [1.165, 1.54) is 18.4 Å². The van der Waals surface area contributed by atoms with Gasteiger partial charge in [-0.2, -0.15) is 0 Å². The van der Waals surface area contributed by atoms with Crippen molar-refractivity contribution in [2.24, 2.45) is 5.73 Å². The van der Waals surface area contributed by atoms with Gasteiger partial charge in [-0.15, -0.1) is 0 Å². The van der Waals surface area contributed by atoms with Gasteiger partial charge in [0, 0.05) is 24.2 Å². The molecule has 1 unspecified atom stereocenters. The molecule has 1 rings (SSSR count). The molecule has 2 N–H and O–H groups in total. The minimum atomic E-state index is 0.0941. The second-order valence-corrected chi connectivity index (χ2v) is 5.55. The zero-order valence-electron chi connectivity index (χ0n) is 13.5. The molecular weight excluding hydrogens is 248 g/mol. The van der Waals surface area contributed by atoms with Crippen molar-refractivity contribution in [1.82, 2.24) is 4.90 Å². The third-order valence-electron chi connectivity index (χ3n) is 4.44. The van der Waals surface area contributed by atoms with Crippen LogP contribution in [0.15, 0.2) is 24.3 Å². The van der Waals surface area contributed by atoms with Crippen LogP contribution in [0, 0.1) is 0 Å². The molecule has 0 saturated heterocycles. The normalized spacial score (nSPS) is 14.3. The van der Waals surface area contributed by atoms with E-state index < -0.39 is 0 Å². The lowest BCUT2D eigenvalue weighted by Crippen LogP contribution is -2.51. The third-order valence-corrected chi connectivity index (χ3v) is 4.44. The van der Waals surface area contributed by atoms with Crippen molar-refractivity contribution in [2.45, 2.75) is 51.6 Å². The Morgan fingerprint density at radius 1 is 1.25 bits per heavy atom. The van der Waals surface area contributed by atoms with Crippen molar-refractivity contribution < 1.29 is 4.74 Å². The SMILES string of the molecule is CCCCC(CC)(CN)N(C)Cc1ccccc1OC. The van der Waals surface area contributed by atoms with E-state index in [2.05, 4.69) is 37.9 Å². The molecule has 0 spiro atoms. The van der Waals surface area contributed by atoms with E-state index in [1.54, 1.807) is 7.11 Å². The van der Waals surface area contributed by atoms with Crippen LogP contribution in [-0.4, -0.2) is 31.1 Å². The van der Waals surface area contributed by atoms with Crippen LogP contribution in [0.2, 0.25) is 0 Å². The number of para-hydroxylation sites is 1. The third kappa shape index (κ3) is 3.97. The summed E-state index contributed by atoms with van der Waals surface area (Å²) in [6, 6.07) is 8.22. The lowest BCUT2D eigenvalue weighted by molar-refractivity contribution is 0.0990. The van der Waals surface area contributed by atoms with Gasteiger partial charge in [0.25, 0.3) is 0 Å². The molecule has 0 fully saturated rings. The van der Waals surface area contributed by atoms with E-state index in [0.29, 0.717) is 6.54 Å². The van der Waals surface area contributed by atoms with Crippen LogP contribution in [0.5, 0.6) is 5.75 Å². The van der Waals surface area contributed by atoms with Gasteiger partial charge in [0.05, 0.1) is 7.11 Å². The first-order valence-electron chi connectivity index (χ1n) is 7.66. The Morgan fingerprint density at radius 3 is 2.50 bits per heavy atom. The summed E-state index contributed by atoms with van der Waals surface area (Å²) < 4.78 is 5.45. The van der Waals surface area contributed by atoms with E-state index in [-0.39, 0.29) is 5.54 Å². The molecule has 3 heteroatoms. The highest BCUT2D eigenvalue weighted by Gasteiger charge is 2.30. The first kappa shape index (κ1) is 17.0. The number of nitrogens with zero attached hydrogens (tertiary/aromatic N) is 1. The fraction of sp³-hybridized carbons (Fsp3) is 0.647. The average molecular weight is 278 g/mol. The van der Waals surface area contributed by atoms with Crippen LogP contribution in [-0.2, 0) is 6.54 Å². The predicted molar refractivity (Wildman–Crippen MR) is 86.1 cm³/mol. The maximum absolute atomic E-state index is 6.11. The van der Waals surface area contributed by atoms with Crippen molar-refractivity contribution >= 4 is 0 Å². The number of hydrogen-bond donors (Lipinski definition) is 1. The van der Waals surface area contributed by atoms with Gasteiger partial charge in [-0.1, -0.05) is 44.9 Å². The predicted octanol–water partition coefficient (Wildman–Crippen LogP) is 3.42. The quantitative estimate of drug-likeness (QED) is 0.752. The molecule has 0 aliphatic carbocycles. The Balaban J connectivity index is 2.87. The van der Waals surface area contributed by atoms with Crippen molar-refractivity contribution in [2.75, 3.05) is 20.7 Å². The number of rotatable bonds is 9. The topological polar surface area (TPSA) is 38.5 Å². The number of methoxy groups -OCH3 is 1. The minimum Gasteiger partial charge on any atom is -0.496 e. The largest absolute Gasteiger partial charge is 0.496 e. The monoisotopic (exact) mass is 278 g/mol. The van der Waals surface area contributed by atoms with Crippen LogP contribution >= 0.6 is 0 Å². The van der Waals surface area contributed by atoms with Crippen LogP contribution in [0.1, 0.15) is 45.1 Å². The smallest absolute Gasteiger partial charge is 0.123 e. The molecule has 1 atom stereocenters. The first-order chi connectivity index (χ1) is 9.63. The molecule has 114 valence electrons. The molecule has 0 heterocycles. The van der Waals surface area contributed by atoms with Crippen LogP contribution in [0.25, 0.3) is 0 Å². The van der Waals surface area contributed by atoms with Crippen LogP contribution in [0.3, 0.4) is 0 Å². The summed E-state index contributed by atoms with van der Waals surface area (Å²) in [5, 5.41) is 0. The molecule has 1 aromatic rings. The standard InChI is InChI=1S/C17H30N2O/c1-5-7-12-17(6-2,14-18)19(3)13-15-10-8-9-11-16(15)20-4/h8-11H,5-7,12-14,18H2,1-4H3. The van der Waals surface area contributed by atoms with Crippen LogP contribution in [0.4, 0.5) is 0 Å². The van der Waals surface area contributed by atoms with Gasteiger partial charge in [-0.25, -0.2) is 0 Å². The summed E-state index contributed by atoms with van der Waals surface area (Å²) in [4.78, 5) is 2.40. The van der Waals surface area contributed by atoms with Crippen molar-refractivity contribution in [3.8, 4) is 5.75 Å². The van der Waals surface area contributed by atoms with E-state index in [0.717, 1.165) is 25.1 Å². The zero-order chi connectivity index (χ0) is 15.0. The number of ether oxygens (including phenoxy) is 1. The average Bonchev–Trinajstić information content (AvgIpc) is 2.49. The second kappa shape index (κ2) is 8.28. The Morgan fingerprint density at radius 2 is 1.95 bits per heavy atom. The van der Waals surface area contributed by atoms with E-state index >= 15 is 0 Å². The Kier molecular flexibility index (Phi) is 7.03. The molecule has 0 amide bonds. The molecule has 3 nitrogen and oxygen atoms in total. The highest BCUT2D eigenvalue weighted by molar-refractivity contribution is 5.33. The molecule has 0 aromatic heterocycles. The highest BCUT2D eigenvalue weighted by atomic mass is 16.5. The second-order valence-electron chi connectivity index (χ2n) is 5.55. The first-order valence-corrected chi connectivity index (χ1v) is 7.66. The van der Waals surface area contributed by atoms with Gasteiger partial charge >= 0.3 is 0 Å². The number of nitrogens with two attached hydrogens (primary N) is 1. The summed E-state index contributed by atoms with van der Waals surface area (Å²) in [6.45, 7) is 6.05. The van der Waals surface area contributed by atoms with E-state index in [9.17, 15) is 0 Å². The summed E-state index contributed by atoms with van der Waals surface area (Å²) in [6.07, 6.45) is 4.67. The lowest BCUT2D eigenvalue weighted by atomic mass is 9.87. The number of hydrogen-bond acceptors (Lipinski definition) is 3. The molecule has 0 aliphatic heterocycles. The summed E-state index contributed by atoms with van der Waals surface area (Å²) in [7, 11) is 3.91. The van der Waals surface area contributed by atoms with Gasteiger partial charge in [-0.05, 0) is 26.0 Å². The molecule has 0 aliphatic rings.